The molecule has 0 saturated carbocycles. The van der Waals surface area contributed by atoms with E-state index in [1.807, 2.05) is 13.0 Å². The molecule has 4 rings (SSSR count). The van der Waals surface area contributed by atoms with Crippen LogP contribution in [0, 0.1) is 23.0 Å². The van der Waals surface area contributed by atoms with Gasteiger partial charge in [0.05, 0.1) is 23.5 Å². The number of aromatic nitrogens is 6. The average Bonchev–Trinajstić information content (AvgIpc) is 3.47. The Kier molecular flexibility index (Phi) is 5.89. The monoisotopic (exact) mass is 466 g/mol. The number of halogens is 2. The molecule has 9 nitrogen and oxygen atoms in total. The number of pyridine rings is 2. The Balaban J connectivity index is 1.59. The van der Waals surface area contributed by atoms with Gasteiger partial charge in [-0.15, -0.1) is 10.2 Å². The van der Waals surface area contributed by atoms with Gasteiger partial charge in [-0.2, -0.15) is 10.4 Å². The summed E-state index contributed by atoms with van der Waals surface area (Å²) < 4.78 is 28.7. The van der Waals surface area contributed by atoms with Gasteiger partial charge >= 0.3 is 0 Å². The SMILES string of the molecule is Cn1cc(C(C)(CNC(=O)c2nnc(-c3ncc(F)cc3F)s2)c2cccc(C#N)n2)cn1. The Bertz CT molecular complexity index is 1380. The molecule has 4 aromatic rings. The van der Waals surface area contributed by atoms with Crippen LogP contribution in [0.25, 0.3) is 10.7 Å². The van der Waals surface area contributed by atoms with Crippen LogP contribution in [0.5, 0.6) is 0 Å². The summed E-state index contributed by atoms with van der Waals surface area (Å²) in [5.74, 6) is -2.25. The molecular formula is C21H16F2N8OS. The Morgan fingerprint density at radius 3 is 2.82 bits per heavy atom. The standard InChI is InChI=1S/C21H16F2N8OS/c1-21(12-8-27-31(2)10-12,16-5-3-4-14(7-24)28-16)11-26-18(32)20-30-29-19(33-20)17-15(23)6-13(22)9-25-17/h3-6,8-10H,11H2,1-2H3,(H,26,32). The van der Waals surface area contributed by atoms with Crippen LogP contribution in [0.4, 0.5) is 8.78 Å². The van der Waals surface area contributed by atoms with E-state index in [1.165, 1.54) is 0 Å². The molecule has 4 aromatic heterocycles. The van der Waals surface area contributed by atoms with E-state index in [-0.39, 0.29) is 27.9 Å². The Hall–Kier alpha value is -4.11. The van der Waals surface area contributed by atoms with Crippen molar-refractivity contribution in [2.45, 2.75) is 12.3 Å². The first kappa shape index (κ1) is 22.1. The van der Waals surface area contributed by atoms with Crippen molar-refractivity contribution < 1.29 is 13.6 Å². The van der Waals surface area contributed by atoms with E-state index in [0.717, 1.165) is 23.1 Å². The zero-order valence-corrected chi connectivity index (χ0v) is 18.3. The molecule has 1 unspecified atom stereocenters. The van der Waals surface area contributed by atoms with E-state index in [1.54, 1.807) is 42.3 Å². The summed E-state index contributed by atoms with van der Waals surface area (Å²) in [7, 11) is 1.77. The molecule has 33 heavy (non-hydrogen) atoms. The zero-order valence-electron chi connectivity index (χ0n) is 17.5. The van der Waals surface area contributed by atoms with Crippen LogP contribution >= 0.6 is 11.3 Å². The van der Waals surface area contributed by atoms with E-state index in [4.69, 9.17) is 0 Å². The largest absolute Gasteiger partial charge is 0.349 e. The Labute approximate surface area is 190 Å². The molecule has 0 bridgehead atoms. The van der Waals surface area contributed by atoms with Crippen molar-refractivity contribution in [2.24, 2.45) is 7.05 Å². The molecule has 12 heteroatoms. The molecule has 0 fully saturated rings. The van der Waals surface area contributed by atoms with Gasteiger partial charge in [0.1, 0.15) is 23.3 Å². The fourth-order valence-electron chi connectivity index (χ4n) is 3.17. The number of nitrogens with one attached hydrogen (secondary N) is 1. The number of rotatable bonds is 6. The number of hydrogen-bond donors (Lipinski definition) is 1. The number of amides is 1. The van der Waals surface area contributed by atoms with Crippen LogP contribution in [0.2, 0.25) is 0 Å². The van der Waals surface area contributed by atoms with E-state index >= 15 is 0 Å². The maximum Gasteiger partial charge on any atom is 0.282 e. The maximum atomic E-state index is 14.0. The van der Waals surface area contributed by atoms with Crippen molar-refractivity contribution in [1.82, 2.24) is 35.3 Å². The number of nitrogens with zero attached hydrogens (tertiary/aromatic N) is 7. The fraction of sp³-hybridized carbons (Fsp3) is 0.190. The highest BCUT2D eigenvalue weighted by atomic mass is 32.1. The van der Waals surface area contributed by atoms with E-state index < -0.39 is 23.0 Å². The number of aryl methyl sites for hydroxylation is 1. The van der Waals surface area contributed by atoms with E-state index in [2.05, 4.69) is 30.6 Å². The average molecular weight is 466 g/mol. The number of hydrogen-bond acceptors (Lipinski definition) is 8. The van der Waals surface area contributed by atoms with Crippen molar-refractivity contribution in [3.63, 3.8) is 0 Å². The zero-order chi connectivity index (χ0) is 23.6. The molecule has 166 valence electrons. The first-order valence-electron chi connectivity index (χ1n) is 9.60. The third-order valence-corrected chi connectivity index (χ3v) is 5.93. The molecule has 1 N–H and O–H groups in total. The molecule has 0 saturated heterocycles. The fourth-order valence-corrected chi connectivity index (χ4v) is 3.92. The van der Waals surface area contributed by atoms with Crippen LogP contribution < -0.4 is 5.32 Å². The molecule has 0 aliphatic rings. The minimum Gasteiger partial charge on any atom is -0.349 e. The molecule has 0 aliphatic heterocycles. The predicted molar refractivity (Wildman–Crippen MR) is 114 cm³/mol. The van der Waals surface area contributed by atoms with Crippen molar-refractivity contribution in [3.05, 3.63) is 76.4 Å². The van der Waals surface area contributed by atoms with Gasteiger partial charge in [0.2, 0.25) is 5.01 Å². The smallest absolute Gasteiger partial charge is 0.282 e. The normalized spacial score (nSPS) is 12.7. The van der Waals surface area contributed by atoms with Gasteiger partial charge < -0.3 is 5.32 Å². The second-order valence-corrected chi connectivity index (χ2v) is 8.31. The highest BCUT2D eigenvalue weighted by molar-refractivity contribution is 7.16. The van der Waals surface area contributed by atoms with Crippen molar-refractivity contribution in [1.29, 1.82) is 5.26 Å². The minimum atomic E-state index is -0.897. The van der Waals surface area contributed by atoms with Crippen LogP contribution in [-0.2, 0) is 12.5 Å². The molecule has 0 aliphatic carbocycles. The van der Waals surface area contributed by atoms with Crippen molar-refractivity contribution in [3.8, 4) is 16.8 Å². The first-order valence-corrected chi connectivity index (χ1v) is 10.4. The summed E-state index contributed by atoms with van der Waals surface area (Å²) in [4.78, 5) is 20.9. The summed E-state index contributed by atoms with van der Waals surface area (Å²) in [6.07, 6.45) is 4.33. The summed E-state index contributed by atoms with van der Waals surface area (Å²) in [6.45, 7) is 1.98. The van der Waals surface area contributed by atoms with Crippen molar-refractivity contribution >= 4 is 17.2 Å². The summed E-state index contributed by atoms with van der Waals surface area (Å²) in [5, 5.41) is 23.9. The van der Waals surface area contributed by atoms with Gasteiger partial charge in [-0.3, -0.25) is 9.48 Å². The van der Waals surface area contributed by atoms with Crippen LogP contribution in [0.3, 0.4) is 0 Å². The maximum absolute atomic E-state index is 14.0. The van der Waals surface area contributed by atoms with Gasteiger partial charge in [0, 0.05) is 31.4 Å². The quantitative estimate of drug-likeness (QED) is 0.463. The number of carbonyl (C=O) groups excluding carboxylic acids is 1. The molecule has 0 spiro atoms. The third-order valence-electron chi connectivity index (χ3n) is 5.00. The molecule has 1 atom stereocenters. The van der Waals surface area contributed by atoms with Crippen LogP contribution in [0.15, 0.2) is 42.9 Å². The van der Waals surface area contributed by atoms with Gasteiger partial charge in [-0.25, -0.2) is 18.7 Å². The lowest BCUT2D eigenvalue weighted by molar-refractivity contribution is 0.0946. The Morgan fingerprint density at radius 1 is 1.30 bits per heavy atom. The molecule has 0 aromatic carbocycles. The summed E-state index contributed by atoms with van der Waals surface area (Å²) in [5.41, 5.74) is 0.602. The van der Waals surface area contributed by atoms with E-state index in [9.17, 15) is 18.8 Å². The van der Waals surface area contributed by atoms with E-state index in [0.29, 0.717) is 11.8 Å². The lowest BCUT2D eigenvalue weighted by Crippen LogP contribution is -2.40. The van der Waals surface area contributed by atoms with Crippen LogP contribution in [0.1, 0.15) is 33.7 Å². The predicted octanol–water partition coefficient (Wildman–Crippen LogP) is 2.61. The number of carbonyl (C=O) groups is 1. The summed E-state index contributed by atoms with van der Waals surface area (Å²) in [6, 6.07) is 7.79. The topological polar surface area (TPSA) is 122 Å². The van der Waals surface area contributed by atoms with Crippen molar-refractivity contribution in [2.75, 3.05) is 6.54 Å². The lowest BCUT2D eigenvalue weighted by atomic mass is 9.80. The third kappa shape index (κ3) is 4.44. The van der Waals surface area contributed by atoms with Gasteiger partial charge in [0.15, 0.2) is 10.8 Å². The second-order valence-electron chi connectivity index (χ2n) is 7.33. The number of nitriles is 1. The first-order chi connectivity index (χ1) is 15.8. The van der Waals surface area contributed by atoms with Crippen LogP contribution in [-0.4, -0.2) is 42.4 Å². The lowest BCUT2D eigenvalue weighted by Gasteiger charge is -2.28. The molecule has 1 amide bonds. The molecule has 4 heterocycles. The summed E-state index contributed by atoms with van der Waals surface area (Å²) >= 11 is 0.832. The van der Waals surface area contributed by atoms with Gasteiger partial charge in [-0.1, -0.05) is 17.4 Å². The minimum absolute atomic E-state index is 0.0113. The Morgan fingerprint density at radius 2 is 2.12 bits per heavy atom. The molecular weight excluding hydrogens is 450 g/mol. The second kappa shape index (κ2) is 8.79. The van der Waals surface area contributed by atoms with Gasteiger partial charge in [-0.05, 0) is 19.1 Å². The van der Waals surface area contributed by atoms with Gasteiger partial charge in [0.25, 0.3) is 5.91 Å². The highest BCUT2D eigenvalue weighted by Gasteiger charge is 2.33. The highest BCUT2D eigenvalue weighted by Crippen LogP contribution is 2.30. The molecule has 0 radical (unpaired) electrons.